The zero-order valence-electron chi connectivity index (χ0n) is 17.8. The lowest BCUT2D eigenvalue weighted by molar-refractivity contribution is -0.151. The highest BCUT2D eigenvalue weighted by Gasteiger charge is 2.11. The van der Waals surface area contributed by atoms with E-state index in [0.717, 1.165) is 18.4 Å². The van der Waals surface area contributed by atoms with Crippen molar-refractivity contribution in [3.63, 3.8) is 0 Å². The van der Waals surface area contributed by atoms with Crippen LogP contribution in [-0.2, 0) is 25.7 Å². The Kier molecular flexibility index (Phi) is 14.0. The molecule has 0 unspecified atom stereocenters. The third kappa shape index (κ3) is 12.4. The van der Waals surface area contributed by atoms with Crippen molar-refractivity contribution in [2.45, 2.75) is 84.2 Å². The summed E-state index contributed by atoms with van der Waals surface area (Å²) >= 11 is 5.90. The Morgan fingerprint density at radius 1 is 0.862 bits per heavy atom. The summed E-state index contributed by atoms with van der Waals surface area (Å²) in [5.41, 5.74) is 0.721. The largest absolute Gasteiger partial charge is 0.496 e. The fraction of sp³-hybridized carbons (Fsp3) is 0.652. The summed E-state index contributed by atoms with van der Waals surface area (Å²) in [6, 6.07) is 5.11. The van der Waals surface area contributed by atoms with E-state index in [0.29, 0.717) is 17.4 Å². The number of halogens is 1. The molecule has 0 saturated heterocycles. The average molecular weight is 427 g/mol. The number of unbranched alkanes of at least 4 members (excludes halogenated alkanes) is 8. The molecule has 0 aliphatic rings. The van der Waals surface area contributed by atoms with Crippen LogP contribution in [0.5, 0.6) is 5.75 Å². The molecule has 6 heteroatoms. The fourth-order valence-electron chi connectivity index (χ4n) is 2.94. The van der Waals surface area contributed by atoms with Gasteiger partial charge in [0.1, 0.15) is 12.4 Å². The zero-order chi connectivity index (χ0) is 21.3. The Morgan fingerprint density at radius 2 is 1.45 bits per heavy atom. The number of hydrogen-bond donors (Lipinski definition) is 0. The van der Waals surface area contributed by atoms with Crippen LogP contribution in [0.3, 0.4) is 0 Å². The molecule has 29 heavy (non-hydrogen) atoms. The second kappa shape index (κ2) is 16.1. The second-order valence-corrected chi connectivity index (χ2v) is 7.60. The van der Waals surface area contributed by atoms with Crippen LogP contribution in [0.2, 0.25) is 5.02 Å². The van der Waals surface area contributed by atoms with E-state index >= 15 is 0 Å². The monoisotopic (exact) mass is 426 g/mol. The standard InChI is InChI=1S/C23H35ClO5/c1-3-4-5-6-7-8-9-10-11-16-28-22(25)14-15-23(26)29-18-19-12-13-20(24)17-21(19)27-2/h12-13,17H,3-11,14-16,18H2,1-2H3. The molecule has 5 nitrogen and oxygen atoms in total. The SMILES string of the molecule is CCCCCCCCCCCOC(=O)CCC(=O)OCc1ccc(Cl)cc1OC. The predicted molar refractivity (Wildman–Crippen MR) is 115 cm³/mol. The van der Waals surface area contributed by atoms with Crippen LogP contribution in [0.25, 0.3) is 0 Å². The van der Waals surface area contributed by atoms with Gasteiger partial charge in [-0.1, -0.05) is 76.0 Å². The molecule has 0 N–H and O–H groups in total. The molecule has 1 aromatic carbocycles. The smallest absolute Gasteiger partial charge is 0.306 e. The lowest BCUT2D eigenvalue weighted by Gasteiger charge is -2.10. The van der Waals surface area contributed by atoms with Crippen LogP contribution in [-0.4, -0.2) is 25.7 Å². The molecule has 0 aromatic heterocycles. The fourth-order valence-corrected chi connectivity index (χ4v) is 3.11. The maximum atomic E-state index is 11.8. The second-order valence-electron chi connectivity index (χ2n) is 7.17. The van der Waals surface area contributed by atoms with Gasteiger partial charge in [0.15, 0.2) is 0 Å². The number of methoxy groups -OCH3 is 1. The highest BCUT2D eigenvalue weighted by molar-refractivity contribution is 6.30. The van der Waals surface area contributed by atoms with Crippen LogP contribution in [0, 0.1) is 0 Å². The number of rotatable bonds is 16. The summed E-state index contributed by atoms with van der Waals surface area (Å²) in [5.74, 6) is -0.238. The minimum Gasteiger partial charge on any atom is -0.496 e. The van der Waals surface area contributed by atoms with Crippen LogP contribution in [0.1, 0.15) is 83.1 Å². The molecule has 1 rings (SSSR count). The number of carbonyl (C=O) groups is 2. The Bertz CT molecular complexity index is 603. The van der Waals surface area contributed by atoms with Crippen molar-refractivity contribution in [1.29, 1.82) is 0 Å². The molecule has 0 atom stereocenters. The number of hydrogen-bond acceptors (Lipinski definition) is 5. The first-order valence-electron chi connectivity index (χ1n) is 10.7. The molecule has 0 amide bonds. The summed E-state index contributed by atoms with van der Waals surface area (Å²) in [6.45, 7) is 2.72. The number of ether oxygens (including phenoxy) is 3. The molecule has 0 heterocycles. The highest BCUT2D eigenvalue weighted by Crippen LogP contribution is 2.23. The minimum atomic E-state index is -0.443. The van der Waals surface area contributed by atoms with Gasteiger partial charge in [-0.3, -0.25) is 9.59 Å². The Labute approximate surface area is 180 Å². The van der Waals surface area contributed by atoms with Crippen molar-refractivity contribution in [1.82, 2.24) is 0 Å². The van der Waals surface area contributed by atoms with Gasteiger partial charge in [-0.15, -0.1) is 0 Å². The van der Waals surface area contributed by atoms with E-state index in [1.807, 2.05) is 0 Å². The van der Waals surface area contributed by atoms with Gasteiger partial charge in [0.05, 0.1) is 26.6 Å². The average Bonchev–Trinajstić information content (AvgIpc) is 2.72. The van der Waals surface area contributed by atoms with Crippen molar-refractivity contribution in [3.05, 3.63) is 28.8 Å². The van der Waals surface area contributed by atoms with Gasteiger partial charge < -0.3 is 14.2 Å². The van der Waals surface area contributed by atoms with E-state index < -0.39 is 5.97 Å². The van der Waals surface area contributed by atoms with E-state index in [-0.39, 0.29) is 25.4 Å². The van der Waals surface area contributed by atoms with Gasteiger partial charge >= 0.3 is 11.9 Å². The molecule has 0 saturated carbocycles. The minimum absolute atomic E-state index is 0.00645. The summed E-state index contributed by atoms with van der Waals surface area (Å²) in [7, 11) is 1.53. The third-order valence-corrected chi connectivity index (χ3v) is 4.92. The summed E-state index contributed by atoms with van der Waals surface area (Å²) in [6.07, 6.45) is 11.0. The quantitative estimate of drug-likeness (QED) is 0.231. The van der Waals surface area contributed by atoms with E-state index in [1.165, 1.54) is 52.1 Å². The third-order valence-electron chi connectivity index (χ3n) is 4.68. The van der Waals surface area contributed by atoms with Crippen molar-refractivity contribution in [2.75, 3.05) is 13.7 Å². The maximum absolute atomic E-state index is 11.8. The molecule has 0 aliphatic carbocycles. The molecule has 0 radical (unpaired) electrons. The van der Waals surface area contributed by atoms with E-state index in [1.54, 1.807) is 18.2 Å². The van der Waals surface area contributed by atoms with Gasteiger partial charge in [0, 0.05) is 10.6 Å². The Morgan fingerprint density at radius 3 is 2.07 bits per heavy atom. The molecule has 1 aromatic rings. The Hall–Kier alpha value is -1.75. The van der Waals surface area contributed by atoms with Gasteiger partial charge in [-0.2, -0.15) is 0 Å². The van der Waals surface area contributed by atoms with Crippen LogP contribution < -0.4 is 4.74 Å². The molecule has 0 fully saturated rings. The van der Waals surface area contributed by atoms with Crippen molar-refractivity contribution >= 4 is 23.5 Å². The van der Waals surface area contributed by atoms with Crippen molar-refractivity contribution in [2.24, 2.45) is 0 Å². The molecule has 0 aliphatic heterocycles. The molecular formula is C23H35ClO5. The van der Waals surface area contributed by atoms with E-state index in [2.05, 4.69) is 6.92 Å². The van der Waals surface area contributed by atoms with Crippen molar-refractivity contribution < 1.29 is 23.8 Å². The van der Waals surface area contributed by atoms with E-state index in [4.69, 9.17) is 25.8 Å². The zero-order valence-corrected chi connectivity index (χ0v) is 18.6. The first-order valence-corrected chi connectivity index (χ1v) is 11.1. The van der Waals surface area contributed by atoms with Gasteiger partial charge in [0.2, 0.25) is 0 Å². The van der Waals surface area contributed by atoms with Gasteiger partial charge in [-0.25, -0.2) is 0 Å². The summed E-state index contributed by atoms with van der Waals surface area (Å²) < 4.78 is 15.6. The highest BCUT2D eigenvalue weighted by atomic mass is 35.5. The number of esters is 2. The van der Waals surface area contributed by atoms with Crippen LogP contribution in [0.4, 0.5) is 0 Å². The normalized spacial score (nSPS) is 10.6. The lowest BCUT2D eigenvalue weighted by Crippen LogP contribution is -2.11. The van der Waals surface area contributed by atoms with Gasteiger partial charge in [-0.05, 0) is 18.6 Å². The maximum Gasteiger partial charge on any atom is 0.306 e. The number of benzene rings is 1. The first-order chi connectivity index (χ1) is 14.1. The van der Waals surface area contributed by atoms with Gasteiger partial charge in [0.25, 0.3) is 0 Å². The molecular weight excluding hydrogens is 392 g/mol. The predicted octanol–water partition coefficient (Wildman–Crippen LogP) is 6.25. The van der Waals surface area contributed by atoms with E-state index in [9.17, 15) is 9.59 Å². The van der Waals surface area contributed by atoms with Crippen molar-refractivity contribution in [3.8, 4) is 5.75 Å². The Balaban J connectivity index is 2.04. The molecule has 0 spiro atoms. The first kappa shape index (κ1) is 25.3. The summed E-state index contributed by atoms with van der Waals surface area (Å²) in [5, 5.41) is 0.548. The molecule has 164 valence electrons. The number of carbonyl (C=O) groups excluding carboxylic acids is 2. The summed E-state index contributed by atoms with van der Waals surface area (Å²) in [4.78, 5) is 23.6. The topological polar surface area (TPSA) is 61.8 Å². The molecule has 0 bridgehead atoms. The van der Waals surface area contributed by atoms with Crippen LogP contribution in [0.15, 0.2) is 18.2 Å². The lowest BCUT2D eigenvalue weighted by atomic mass is 10.1. The van der Waals surface area contributed by atoms with Crippen LogP contribution >= 0.6 is 11.6 Å².